The lowest BCUT2D eigenvalue weighted by Gasteiger charge is -2.46. The number of carbonyl (C=O) groups is 1. The van der Waals surface area contributed by atoms with E-state index in [0.717, 1.165) is 0 Å². The molecule has 27 heavy (non-hydrogen) atoms. The van der Waals surface area contributed by atoms with Gasteiger partial charge in [0.05, 0.1) is 13.2 Å². The molecule has 0 saturated carbocycles. The predicted molar refractivity (Wildman–Crippen MR) is 85.0 cm³/mol. The maximum Gasteiger partial charge on any atom is 0.217 e. The monoisotopic (exact) mass is 397 g/mol. The Labute approximate surface area is 155 Å². The van der Waals surface area contributed by atoms with Gasteiger partial charge in [-0.05, 0) is 0 Å². The lowest BCUT2D eigenvalue weighted by molar-refractivity contribution is -0.347. The molecule has 0 bridgehead atoms. The third-order valence-electron chi connectivity index (χ3n) is 4.63. The van der Waals surface area contributed by atoms with Crippen LogP contribution in [0, 0.1) is 0 Å². The summed E-state index contributed by atoms with van der Waals surface area (Å²) in [5.74, 6) is -0.542. The van der Waals surface area contributed by atoms with Gasteiger partial charge in [0.1, 0.15) is 48.8 Å². The van der Waals surface area contributed by atoms with Crippen molar-refractivity contribution in [3.8, 4) is 0 Å². The summed E-state index contributed by atoms with van der Waals surface area (Å²) in [5.41, 5.74) is 0. The van der Waals surface area contributed by atoms with Crippen LogP contribution in [-0.4, -0.2) is 118 Å². The Morgan fingerprint density at radius 2 is 1.59 bits per heavy atom. The fourth-order valence-electron chi connectivity index (χ4n) is 3.24. The van der Waals surface area contributed by atoms with E-state index < -0.39 is 80.5 Å². The van der Waals surface area contributed by atoms with Crippen LogP contribution in [0.2, 0.25) is 0 Å². The zero-order valence-electron chi connectivity index (χ0n) is 14.9. The van der Waals surface area contributed by atoms with Crippen LogP contribution < -0.4 is 5.32 Å². The third kappa shape index (κ3) is 4.74. The van der Waals surface area contributed by atoms with Crippen molar-refractivity contribution in [2.24, 2.45) is 0 Å². The van der Waals surface area contributed by atoms with Crippen LogP contribution in [0.15, 0.2) is 0 Å². The van der Waals surface area contributed by atoms with Gasteiger partial charge in [-0.25, -0.2) is 0 Å². The van der Waals surface area contributed by atoms with Gasteiger partial charge in [-0.3, -0.25) is 4.79 Å². The molecule has 2 saturated heterocycles. The number of rotatable bonds is 6. The maximum absolute atomic E-state index is 11.3. The van der Waals surface area contributed by atoms with Crippen molar-refractivity contribution in [3.05, 3.63) is 0 Å². The minimum absolute atomic E-state index is 0.542. The van der Waals surface area contributed by atoms with Crippen LogP contribution in [-0.2, 0) is 23.7 Å². The zero-order chi connectivity index (χ0) is 20.3. The number of aliphatic hydroxyl groups excluding tert-OH is 6. The topological polar surface area (TPSA) is 187 Å². The molecule has 1 amide bonds. The Bertz CT molecular complexity index is 494. The van der Waals surface area contributed by atoms with E-state index in [-0.39, 0.29) is 0 Å². The highest BCUT2D eigenvalue weighted by Gasteiger charge is 2.51. The standard InChI is InChI=1S/C15H27NO11/c1-5(19)16-8-10(21)12(7(4-18)25-14(8)23)27-15-11(22)13(24-2)9(20)6(3-17)26-15/h6-15,17-18,20-23H,3-4H2,1-2H3,(H,16,19). The van der Waals surface area contributed by atoms with Crippen molar-refractivity contribution in [1.82, 2.24) is 5.32 Å². The van der Waals surface area contributed by atoms with Crippen molar-refractivity contribution in [1.29, 1.82) is 0 Å². The summed E-state index contributed by atoms with van der Waals surface area (Å²) in [6.45, 7) is -0.0556. The minimum Gasteiger partial charge on any atom is -0.394 e. The molecule has 7 N–H and O–H groups in total. The van der Waals surface area contributed by atoms with Gasteiger partial charge in [0, 0.05) is 14.0 Å². The highest BCUT2D eigenvalue weighted by molar-refractivity contribution is 5.73. The summed E-state index contributed by atoms with van der Waals surface area (Å²) in [4.78, 5) is 11.3. The van der Waals surface area contributed by atoms with Gasteiger partial charge in [-0.2, -0.15) is 0 Å². The first-order valence-corrected chi connectivity index (χ1v) is 8.45. The van der Waals surface area contributed by atoms with Gasteiger partial charge < -0.3 is 54.9 Å². The van der Waals surface area contributed by atoms with Crippen LogP contribution in [0.4, 0.5) is 0 Å². The zero-order valence-corrected chi connectivity index (χ0v) is 14.9. The average Bonchev–Trinajstić information content (AvgIpc) is 2.62. The highest BCUT2D eigenvalue weighted by atomic mass is 16.7. The molecule has 12 nitrogen and oxygen atoms in total. The van der Waals surface area contributed by atoms with E-state index in [9.17, 15) is 35.4 Å². The van der Waals surface area contributed by atoms with Gasteiger partial charge in [0.2, 0.25) is 5.91 Å². The van der Waals surface area contributed by atoms with Gasteiger partial charge >= 0.3 is 0 Å². The summed E-state index contributed by atoms with van der Waals surface area (Å²) in [7, 11) is 1.24. The van der Waals surface area contributed by atoms with Crippen molar-refractivity contribution >= 4 is 5.91 Å². The smallest absolute Gasteiger partial charge is 0.217 e. The molecule has 0 aliphatic carbocycles. The number of nitrogens with one attached hydrogen (secondary N) is 1. The van der Waals surface area contributed by atoms with E-state index in [1.807, 2.05) is 0 Å². The summed E-state index contributed by atoms with van der Waals surface area (Å²) >= 11 is 0. The van der Waals surface area contributed by atoms with E-state index in [4.69, 9.17) is 18.9 Å². The number of methoxy groups -OCH3 is 1. The van der Waals surface area contributed by atoms with Crippen LogP contribution in [0.1, 0.15) is 6.92 Å². The Balaban J connectivity index is 2.19. The summed E-state index contributed by atoms with van der Waals surface area (Å²) in [6, 6.07) is -1.26. The number of aliphatic hydroxyl groups is 6. The summed E-state index contributed by atoms with van der Waals surface area (Å²) in [5, 5.41) is 61.9. The minimum atomic E-state index is -1.60. The molecule has 2 fully saturated rings. The first-order valence-electron chi connectivity index (χ1n) is 8.45. The number of hydrogen-bond acceptors (Lipinski definition) is 11. The molecule has 0 radical (unpaired) electrons. The second-order valence-corrected chi connectivity index (χ2v) is 6.47. The average molecular weight is 397 g/mol. The second kappa shape index (κ2) is 9.52. The molecule has 158 valence electrons. The molecule has 12 heteroatoms. The molecule has 2 aliphatic rings. The van der Waals surface area contributed by atoms with E-state index in [1.54, 1.807) is 0 Å². The van der Waals surface area contributed by atoms with E-state index in [2.05, 4.69) is 5.32 Å². The Kier molecular flexibility index (Phi) is 7.88. The molecule has 10 atom stereocenters. The molecular weight excluding hydrogens is 370 g/mol. The molecule has 2 heterocycles. The van der Waals surface area contributed by atoms with Crippen LogP contribution in [0.25, 0.3) is 0 Å². The number of amides is 1. The predicted octanol–water partition coefficient (Wildman–Crippen LogP) is -4.60. The molecule has 0 spiro atoms. The van der Waals surface area contributed by atoms with E-state index >= 15 is 0 Å². The van der Waals surface area contributed by atoms with Crippen molar-refractivity contribution < 1.29 is 54.4 Å². The lowest BCUT2D eigenvalue weighted by atomic mass is 9.95. The Morgan fingerprint density at radius 3 is 2.11 bits per heavy atom. The fourth-order valence-corrected chi connectivity index (χ4v) is 3.24. The molecule has 10 unspecified atom stereocenters. The van der Waals surface area contributed by atoms with Crippen molar-refractivity contribution in [3.63, 3.8) is 0 Å². The number of carbonyl (C=O) groups excluding carboxylic acids is 1. The summed E-state index contributed by atoms with van der Waals surface area (Å²) < 4.78 is 21.1. The summed E-state index contributed by atoms with van der Waals surface area (Å²) in [6.07, 6.45) is -12.2. The van der Waals surface area contributed by atoms with Gasteiger partial charge in [-0.15, -0.1) is 0 Å². The van der Waals surface area contributed by atoms with Gasteiger partial charge in [0.25, 0.3) is 0 Å². The molecule has 0 aromatic carbocycles. The SMILES string of the molecule is COC1C(O)C(CO)OC(OC2C(CO)OC(O)C(NC(C)=O)C2O)C1O. The first-order chi connectivity index (χ1) is 12.7. The van der Waals surface area contributed by atoms with Crippen LogP contribution in [0.3, 0.4) is 0 Å². The molecule has 0 aromatic heterocycles. The highest BCUT2D eigenvalue weighted by Crippen LogP contribution is 2.29. The maximum atomic E-state index is 11.3. The molecule has 0 aromatic rings. The second-order valence-electron chi connectivity index (χ2n) is 6.47. The van der Waals surface area contributed by atoms with Crippen molar-refractivity contribution in [2.75, 3.05) is 20.3 Å². The quantitative estimate of drug-likeness (QED) is 0.228. The van der Waals surface area contributed by atoms with E-state index in [0.29, 0.717) is 0 Å². The van der Waals surface area contributed by atoms with Gasteiger partial charge in [0.15, 0.2) is 12.6 Å². The number of ether oxygens (including phenoxy) is 4. The van der Waals surface area contributed by atoms with Crippen LogP contribution >= 0.6 is 0 Å². The Morgan fingerprint density at radius 1 is 0.963 bits per heavy atom. The van der Waals surface area contributed by atoms with Gasteiger partial charge in [-0.1, -0.05) is 0 Å². The Hall–Kier alpha value is -0.930. The van der Waals surface area contributed by atoms with E-state index in [1.165, 1.54) is 14.0 Å². The largest absolute Gasteiger partial charge is 0.394 e. The third-order valence-corrected chi connectivity index (χ3v) is 4.63. The van der Waals surface area contributed by atoms with Crippen LogP contribution in [0.5, 0.6) is 0 Å². The normalized spacial score (nSPS) is 45.5. The fraction of sp³-hybridized carbons (Fsp3) is 0.933. The number of hydrogen-bond donors (Lipinski definition) is 7. The molecule has 2 rings (SSSR count). The lowest BCUT2D eigenvalue weighted by Crippen LogP contribution is -2.67. The first kappa shape index (κ1) is 22.4. The van der Waals surface area contributed by atoms with Crippen molar-refractivity contribution in [2.45, 2.75) is 68.3 Å². The molecule has 2 aliphatic heterocycles. The molecular formula is C15H27NO11.